The average Bonchev–Trinajstić information content (AvgIpc) is 2.36. The van der Waals surface area contributed by atoms with Gasteiger partial charge < -0.3 is 5.32 Å². The first kappa shape index (κ1) is 13.6. The third-order valence-corrected chi connectivity index (χ3v) is 3.29. The van der Waals surface area contributed by atoms with Crippen LogP contribution in [0, 0.1) is 13.8 Å². The minimum absolute atomic E-state index is 0.0458. The number of nitrogens with one attached hydrogen (secondary N) is 1. The molecule has 3 heteroatoms. The number of carbonyl (C=O) groups excluding carboxylic acids is 1. The van der Waals surface area contributed by atoms with Crippen molar-refractivity contribution in [2.75, 3.05) is 0 Å². The predicted octanol–water partition coefficient (Wildman–Crippen LogP) is 3.89. The van der Waals surface area contributed by atoms with Gasteiger partial charge >= 0.3 is 0 Å². The van der Waals surface area contributed by atoms with E-state index in [0.717, 1.165) is 22.3 Å². The molecule has 0 unspecified atom stereocenters. The molecule has 0 saturated heterocycles. The van der Waals surface area contributed by atoms with E-state index < -0.39 is 0 Å². The highest BCUT2D eigenvalue weighted by Crippen LogP contribution is 2.14. The van der Waals surface area contributed by atoms with Crippen molar-refractivity contribution >= 4 is 17.5 Å². The molecule has 2 nitrogen and oxygen atoms in total. The highest BCUT2D eigenvalue weighted by atomic mass is 35.5. The van der Waals surface area contributed by atoms with Crippen LogP contribution in [-0.2, 0) is 6.54 Å². The quantitative estimate of drug-likeness (QED) is 0.903. The van der Waals surface area contributed by atoms with Crippen LogP contribution < -0.4 is 5.32 Å². The standard InChI is InChI=1S/C16H16ClNO/c1-11-5-3-6-12(2)15(11)16(19)18-10-13-7-4-8-14(17)9-13/h3-9H,10H2,1-2H3,(H,18,19). The third-order valence-electron chi connectivity index (χ3n) is 3.05. The van der Waals surface area contributed by atoms with E-state index in [9.17, 15) is 4.79 Å². The molecule has 0 radical (unpaired) electrons. The Morgan fingerprint density at radius 3 is 2.37 bits per heavy atom. The maximum absolute atomic E-state index is 12.2. The molecule has 1 N–H and O–H groups in total. The van der Waals surface area contributed by atoms with Crippen molar-refractivity contribution in [2.45, 2.75) is 20.4 Å². The summed E-state index contributed by atoms with van der Waals surface area (Å²) in [5, 5.41) is 3.61. The predicted molar refractivity (Wildman–Crippen MR) is 78.5 cm³/mol. The van der Waals surface area contributed by atoms with Gasteiger partial charge in [0.2, 0.25) is 0 Å². The fourth-order valence-electron chi connectivity index (χ4n) is 2.09. The van der Waals surface area contributed by atoms with E-state index in [1.54, 1.807) is 0 Å². The molecule has 0 aliphatic carbocycles. The van der Waals surface area contributed by atoms with E-state index >= 15 is 0 Å². The van der Waals surface area contributed by atoms with Crippen LogP contribution in [0.15, 0.2) is 42.5 Å². The van der Waals surface area contributed by atoms with Crippen molar-refractivity contribution in [3.63, 3.8) is 0 Å². The fourth-order valence-corrected chi connectivity index (χ4v) is 2.30. The molecule has 0 saturated carbocycles. The van der Waals surface area contributed by atoms with Crippen molar-refractivity contribution in [1.29, 1.82) is 0 Å². The summed E-state index contributed by atoms with van der Waals surface area (Å²) < 4.78 is 0. The van der Waals surface area contributed by atoms with Gasteiger partial charge in [-0.05, 0) is 42.7 Å². The van der Waals surface area contributed by atoms with Gasteiger partial charge in [0.1, 0.15) is 0 Å². The monoisotopic (exact) mass is 273 g/mol. The van der Waals surface area contributed by atoms with E-state index in [1.165, 1.54) is 0 Å². The Kier molecular flexibility index (Phi) is 4.23. The molecule has 2 aromatic carbocycles. The molecule has 0 aromatic heterocycles. The molecule has 0 fully saturated rings. The second kappa shape index (κ2) is 5.89. The highest BCUT2D eigenvalue weighted by molar-refractivity contribution is 6.30. The molecule has 19 heavy (non-hydrogen) atoms. The van der Waals surface area contributed by atoms with Gasteiger partial charge in [-0.1, -0.05) is 41.9 Å². The summed E-state index contributed by atoms with van der Waals surface area (Å²) in [6, 6.07) is 13.3. The van der Waals surface area contributed by atoms with E-state index in [4.69, 9.17) is 11.6 Å². The van der Waals surface area contributed by atoms with Crippen LogP contribution >= 0.6 is 11.6 Å². The largest absolute Gasteiger partial charge is 0.348 e. The van der Waals surface area contributed by atoms with Gasteiger partial charge in [-0.3, -0.25) is 4.79 Å². The van der Waals surface area contributed by atoms with Crippen LogP contribution in [0.2, 0.25) is 5.02 Å². The number of halogens is 1. The molecule has 2 aromatic rings. The summed E-state index contributed by atoms with van der Waals surface area (Å²) >= 11 is 5.91. The summed E-state index contributed by atoms with van der Waals surface area (Å²) in [5.41, 5.74) is 3.73. The molecule has 0 bridgehead atoms. The Labute approximate surface area is 118 Å². The minimum atomic E-state index is -0.0458. The zero-order chi connectivity index (χ0) is 13.8. The second-order valence-corrected chi connectivity index (χ2v) is 5.02. The van der Waals surface area contributed by atoms with Crippen LogP contribution in [0.25, 0.3) is 0 Å². The van der Waals surface area contributed by atoms with Gasteiger partial charge in [0, 0.05) is 17.1 Å². The Bertz CT molecular complexity index is 587. The molecule has 0 spiro atoms. The summed E-state index contributed by atoms with van der Waals surface area (Å²) in [6.07, 6.45) is 0. The number of aryl methyl sites for hydroxylation is 2. The molecule has 0 heterocycles. The van der Waals surface area contributed by atoms with Gasteiger partial charge in [-0.15, -0.1) is 0 Å². The van der Waals surface area contributed by atoms with E-state index in [-0.39, 0.29) is 5.91 Å². The topological polar surface area (TPSA) is 29.1 Å². The molecule has 0 aliphatic heterocycles. The SMILES string of the molecule is Cc1cccc(C)c1C(=O)NCc1cccc(Cl)c1. The Morgan fingerprint density at radius 1 is 1.11 bits per heavy atom. The Hall–Kier alpha value is -1.80. The first-order chi connectivity index (χ1) is 9.08. The van der Waals surface area contributed by atoms with Crippen LogP contribution in [0.3, 0.4) is 0 Å². The number of hydrogen-bond acceptors (Lipinski definition) is 1. The number of carbonyl (C=O) groups is 1. The molecular weight excluding hydrogens is 258 g/mol. The lowest BCUT2D eigenvalue weighted by molar-refractivity contribution is 0.0949. The molecule has 0 aliphatic rings. The molecule has 1 amide bonds. The van der Waals surface area contributed by atoms with Crippen molar-refractivity contribution in [2.24, 2.45) is 0 Å². The second-order valence-electron chi connectivity index (χ2n) is 4.58. The lowest BCUT2D eigenvalue weighted by Crippen LogP contribution is -2.24. The van der Waals surface area contributed by atoms with Crippen molar-refractivity contribution < 1.29 is 4.79 Å². The fraction of sp³-hybridized carbons (Fsp3) is 0.188. The van der Waals surface area contributed by atoms with E-state index in [2.05, 4.69) is 5.32 Å². The van der Waals surface area contributed by atoms with Crippen LogP contribution in [0.5, 0.6) is 0 Å². The number of rotatable bonds is 3. The van der Waals surface area contributed by atoms with Crippen molar-refractivity contribution in [3.05, 3.63) is 69.7 Å². The molecule has 0 atom stereocenters. The van der Waals surface area contributed by atoms with E-state index in [0.29, 0.717) is 11.6 Å². The van der Waals surface area contributed by atoms with Gasteiger partial charge in [-0.2, -0.15) is 0 Å². The Morgan fingerprint density at radius 2 is 1.74 bits per heavy atom. The first-order valence-electron chi connectivity index (χ1n) is 6.17. The summed E-state index contributed by atoms with van der Waals surface area (Å²) in [4.78, 5) is 12.2. The van der Waals surface area contributed by atoms with Crippen molar-refractivity contribution in [1.82, 2.24) is 5.32 Å². The maximum Gasteiger partial charge on any atom is 0.252 e. The van der Waals surface area contributed by atoms with Gasteiger partial charge in [-0.25, -0.2) is 0 Å². The van der Waals surface area contributed by atoms with Gasteiger partial charge in [0.25, 0.3) is 5.91 Å². The zero-order valence-electron chi connectivity index (χ0n) is 11.0. The normalized spacial score (nSPS) is 10.3. The summed E-state index contributed by atoms with van der Waals surface area (Å²) in [6.45, 7) is 4.37. The zero-order valence-corrected chi connectivity index (χ0v) is 11.8. The number of amides is 1. The van der Waals surface area contributed by atoms with E-state index in [1.807, 2.05) is 56.3 Å². The smallest absolute Gasteiger partial charge is 0.252 e. The lowest BCUT2D eigenvalue weighted by atomic mass is 10.0. The van der Waals surface area contributed by atoms with Crippen LogP contribution in [-0.4, -0.2) is 5.91 Å². The average molecular weight is 274 g/mol. The molecule has 2 rings (SSSR count). The van der Waals surface area contributed by atoms with Gasteiger partial charge in [0.15, 0.2) is 0 Å². The van der Waals surface area contributed by atoms with Gasteiger partial charge in [0.05, 0.1) is 0 Å². The Balaban J connectivity index is 2.10. The molecular formula is C16H16ClNO. The first-order valence-corrected chi connectivity index (χ1v) is 6.54. The van der Waals surface area contributed by atoms with Crippen molar-refractivity contribution in [3.8, 4) is 0 Å². The number of benzene rings is 2. The lowest BCUT2D eigenvalue weighted by Gasteiger charge is -2.10. The number of hydrogen-bond donors (Lipinski definition) is 1. The highest BCUT2D eigenvalue weighted by Gasteiger charge is 2.11. The minimum Gasteiger partial charge on any atom is -0.348 e. The summed E-state index contributed by atoms with van der Waals surface area (Å²) in [5.74, 6) is -0.0458. The molecule has 98 valence electrons. The van der Waals surface area contributed by atoms with Crippen LogP contribution in [0.1, 0.15) is 27.0 Å². The third kappa shape index (κ3) is 3.36. The van der Waals surface area contributed by atoms with Crippen LogP contribution in [0.4, 0.5) is 0 Å². The maximum atomic E-state index is 12.2. The summed E-state index contributed by atoms with van der Waals surface area (Å²) in [7, 11) is 0.